The zero-order valence-corrected chi connectivity index (χ0v) is 12.9. The first kappa shape index (κ1) is 15.5. The Morgan fingerprint density at radius 1 is 1.43 bits per heavy atom. The molecule has 1 aromatic heterocycles. The van der Waals surface area contributed by atoms with E-state index in [0.29, 0.717) is 0 Å². The van der Waals surface area contributed by atoms with Gasteiger partial charge in [0, 0.05) is 18.7 Å². The summed E-state index contributed by atoms with van der Waals surface area (Å²) >= 11 is 0. The largest absolute Gasteiger partial charge is 0.370 e. The first-order valence-corrected chi connectivity index (χ1v) is 7.82. The minimum absolute atomic E-state index is 0.252. The van der Waals surface area contributed by atoms with E-state index in [1.54, 1.807) is 6.33 Å². The Morgan fingerprint density at radius 2 is 2.24 bits per heavy atom. The van der Waals surface area contributed by atoms with Crippen LogP contribution in [0.2, 0.25) is 0 Å². The molecule has 1 saturated heterocycles. The number of anilines is 2. The number of aromatic nitrogens is 2. The maximum absolute atomic E-state index is 11.7. The molecule has 1 fully saturated rings. The van der Waals surface area contributed by atoms with E-state index in [0.717, 1.165) is 62.4 Å². The van der Waals surface area contributed by atoms with Gasteiger partial charge in [-0.15, -0.1) is 0 Å². The van der Waals surface area contributed by atoms with E-state index in [9.17, 15) is 4.79 Å². The SMILES string of the molecule is CCCNc1ncnc(N2CCCCC2C(N)=O)c1CC. The average Bonchev–Trinajstić information content (AvgIpc) is 2.52. The van der Waals surface area contributed by atoms with E-state index < -0.39 is 0 Å². The van der Waals surface area contributed by atoms with Crippen molar-refractivity contribution in [3.05, 3.63) is 11.9 Å². The predicted octanol–water partition coefficient (Wildman–Crippen LogP) is 1.71. The van der Waals surface area contributed by atoms with E-state index in [1.165, 1.54) is 0 Å². The van der Waals surface area contributed by atoms with Crippen molar-refractivity contribution >= 4 is 17.5 Å². The van der Waals surface area contributed by atoms with Gasteiger partial charge in [0.25, 0.3) is 0 Å². The molecule has 1 atom stereocenters. The van der Waals surface area contributed by atoms with Gasteiger partial charge in [0.2, 0.25) is 5.91 Å². The second-order valence-corrected chi connectivity index (χ2v) is 5.41. The number of nitrogens with zero attached hydrogens (tertiary/aromatic N) is 3. The van der Waals surface area contributed by atoms with Gasteiger partial charge in [-0.05, 0) is 32.1 Å². The second-order valence-electron chi connectivity index (χ2n) is 5.41. The van der Waals surface area contributed by atoms with Crippen molar-refractivity contribution in [1.82, 2.24) is 9.97 Å². The molecule has 2 rings (SSSR count). The van der Waals surface area contributed by atoms with Gasteiger partial charge >= 0.3 is 0 Å². The van der Waals surface area contributed by atoms with Gasteiger partial charge in [-0.1, -0.05) is 13.8 Å². The van der Waals surface area contributed by atoms with Crippen LogP contribution in [0.25, 0.3) is 0 Å². The van der Waals surface area contributed by atoms with Gasteiger partial charge in [0.05, 0.1) is 0 Å². The third-order valence-corrected chi connectivity index (χ3v) is 3.92. The highest BCUT2D eigenvalue weighted by Crippen LogP contribution is 2.29. The fraction of sp³-hybridized carbons (Fsp3) is 0.667. The van der Waals surface area contributed by atoms with Crippen molar-refractivity contribution in [3.63, 3.8) is 0 Å². The van der Waals surface area contributed by atoms with Crippen LogP contribution < -0.4 is 16.0 Å². The van der Waals surface area contributed by atoms with Gasteiger partial charge in [0.1, 0.15) is 24.0 Å². The lowest BCUT2D eigenvalue weighted by molar-refractivity contribution is -0.119. The number of carbonyl (C=O) groups is 1. The number of rotatable bonds is 6. The molecule has 0 bridgehead atoms. The Hall–Kier alpha value is -1.85. The lowest BCUT2D eigenvalue weighted by atomic mass is 10.0. The number of hydrogen-bond acceptors (Lipinski definition) is 5. The van der Waals surface area contributed by atoms with E-state index in [2.05, 4.69) is 34.0 Å². The van der Waals surface area contributed by atoms with Gasteiger partial charge in [-0.3, -0.25) is 4.79 Å². The Bertz CT molecular complexity index is 491. The minimum Gasteiger partial charge on any atom is -0.370 e. The van der Waals surface area contributed by atoms with Crippen LogP contribution in [-0.2, 0) is 11.2 Å². The molecule has 1 aliphatic rings. The number of amides is 1. The smallest absolute Gasteiger partial charge is 0.240 e. The standard InChI is InChI=1S/C15H25N5O/c1-3-8-17-14-11(4-2)15(19-10-18-14)20-9-6-5-7-12(20)13(16)21/h10,12H,3-9H2,1-2H3,(H2,16,21)(H,17,18,19). The molecule has 21 heavy (non-hydrogen) atoms. The maximum Gasteiger partial charge on any atom is 0.240 e. The number of nitrogens with two attached hydrogens (primary N) is 1. The molecule has 116 valence electrons. The highest BCUT2D eigenvalue weighted by atomic mass is 16.1. The summed E-state index contributed by atoms with van der Waals surface area (Å²) in [4.78, 5) is 22.6. The molecule has 1 aromatic rings. The van der Waals surface area contributed by atoms with Crippen molar-refractivity contribution in [2.75, 3.05) is 23.3 Å². The third-order valence-electron chi connectivity index (χ3n) is 3.92. The highest BCUT2D eigenvalue weighted by Gasteiger charge is 2.29. The Morgan fingerprint density at radius 3 is 2.90 bits per heavy atom. The molecule has 1 unspecified atom stereocenters. The van der Waals surface area contributed by atoms with Crippen molar-refractivity contribution in [1.29, 1.82) is 0 Å². The van der Waals surface area contributed by atoms with Crippen molar-refractivity contribution < 1.29 is 4.79 Å². The van der Waals surface area contributed by atoms with Gasteiger partial charge in [-0.2, -0.15) is 0 Å². The van der Waals surface area contributed by atoms with Crippen molar-refractivity contribution in [3.8, 4) is 0 Å². The van der Waals surface area contributed by atoms with E-state index in [-0.39, 0.29) is 11.9 Å². The summed E-state index contributed by atoms with van der Waals surface area (Å²) in [7, 11) is 0. The second kappa shape index (κ2) is 7.24. The first-order valence-electron chi connectivity index (χ1n) is 7.82. The topological polar surface area (TPSA) is 84.1 Å². The van der Waals surface area contributed by atoms with Crippen LogP contribution >= 0.6 is 0 Å². The third kappa shape index (κ3) is 3.43. The molecule has 6 heteroatoms. The van der Waals surface area contributed by atoms with Gasteiger partial charge in [-0.25, -0.2) is 9.97 Å². The molecule has 2 heterocycles. The number of nitrogens with one attached hydrogen (secondary N) is 1. The van der Waals surface area contributed by atoms with E-state index in [1.807, 2.05) is 0 Å². The van der Waals surface area contributed by atoms with Crippen LogP contribution in [0.3, 0.4) is 0 Å². The number of hydrogen-bond donors (Lipinski definition) is 2. The van der Waals surface area contributed by atoms with Crippen LogP contribution in [-0.4, -0.2) is 35.0 Å². The molecule has 3 N–H and O–H groups in total. The summed E-state index contributed by atoms with van der Waals surface area (Å²) in [6.07, 6.45) is 6.34. The molecular formula is C15H25N5O. The summed E-state index contributed by atoms with van der Waals surface area (Å²) in [6, 6.07) is -0.252. The van der Waals surface area contributed by atoms with Crippen LogP contribution in [0, 0.1) is 0 Å². The molecular weight excluding hydrogens is 266 g/mol. The molecule has 1 aliphatic heterocycles. The summed E-state index contributed by atoms with van der Waals surface area (Å²) < 4.78 is 0. The van der Waals surface area contributed by atoms with Crippen LogP contribution in [0.4, 0.5) is 11.6 Å². The fourth-order valence-corrected chi connectivity index (χ4v) is 2.85. The van der Waals surface area contributed by atoms with Crippen molar-refractivity contribution in [2.45, 2.75) is 52.0 Å². The minimum atomic E-state index is -0.265. The molecule has 1 amide bonds. The normalized spacial score (nSPS) is 18.6. The Balaban J connectivity index is 2.34. The lowest BCUT2D eigenvalue weighted by Crippen LogP contribution is -2.48. The Kier molecular flexibility index (Phi) is 5.36. The lowest BCUT2D eigenvalue weighted by Gasteiger charge is -2.35. The Labute approximate surface area is 126 Å². The summed E-state index contributed by atoms with van der Waals surface area (Å²) in [5, 5.41) is 3.34. The maximum atomic E-state index is 11.7. The van der Waals surface area contributed by atoms with Gasteiger partial charge < -0.3 is 16.0 Å². The van der Waals surface area contributed by atoms with Crippen LogP contribution in [0.5, 0.6) is 0 Å². The van der Waals surface area contributed by atoms with Crippen LogP contribution in [0.15, 0.2) is 6.33 Å². The highest BCUT2D eigenvalue weighted by molar-refractivity contribution is 5.84. The van der Waals surface area contributed by atoms with Gasteiger partial charge in [0.15, 0.2) is 0 Å². The summed E-state index contributed by atoms with van der Waals surface area (Å²) in [5.41, 5.74) is 6.63. The van der Waals surface area contributed by atoms with Crippen LogP contribution in [0.1, 0.15) is 45.1 Å². The number of piperidine rings is 1. The fourth-order valence-electron chi connectivity index (χ4n) is 2.85. The van der Waals surface area contributed by atoms with E-state index in [4.69, 9.17) is 5.73 Å². The summed E-state index contributed by atoms with van der Waals surface area (Å²) in [5.74, 6) is 1.46. The quantitative estimate of drug-likeness (QED) is 0.833. The molecule has 0 saturated carbocycles. The molecule has 0 radical (unpaired) electrons. The van der Waals surface area contributed by atoms with E-state index >= 15 is 0 Å². The molecule has 0 aromatic carbocycles. The molecule has 0 spiro atoms. The number of carbonyl (C=O) groups excluding carboxylic acids is 1. The zero-order chi connectivity index (χ0) is 15.2. The van der Waals surface area contributed by atoms with Crippen molar-refractivity contribution in [2.24, 2.45) is 5.73 Å². The molecule has 0 aliphatic carbocycles. The number of primary amides is 1. The zero-order valence-electron chi connectivity index (χ0n) is 12.9. The first-order chi connectivity index (χ1) is 10.2. The summed E-state index contributed by atoms with van der Waals surface area (Å²) in [6.45, 7) is 5.91. The molecule has 6 nitrogen and oxygen atoms in total. The monoisotopic (exact) mass is 291 g/mol. The average molecular weight is 291 g/mol. The predicted molar refractivity (Wildman–Crippen MR) is 84.4 cm³/mol.